The number of para-hydroxylation sites is 1. The molecule has 0 aliphatic heterocycles. The molecule has 0 atom stereocenters. The Morgan fingerprint density at radius 2 is 2.14 bits per heavy atom. The maximum Gasteiger partial charge on any atom is 0.0502 e. The van der Waals surface area contributed by atoms with E-state index >= 15 is 0 Å². The Bertz CT molecular complexity index is 441. The second kappa shape index (κ2) is 3.46. The first-order valence-electron chi connectivity index (χ1n) is 5.03. The average Bonchev–Trinajstić information content (AvgIpc) is 2.60. The number of nitrogens with one attached hydrogen (secondary N) is 1. The molecule has 0 radical (unpaired) electrons. The van der Waals surface area contributed by atoms with Crippen LogP contribution in [-0.4, -0.2) is 4.98 Å². The molecule has 0 amide bonds. The third-order valence-corrected chi connectivity index (χ3v) is 2.68. The minimum absolute atomic E-state index is 0.553. The number of aromatic amines is 1. The zero-order chi connectivity index (χ0) is 10.1. The van der Waals surface area contributed by atoms with Gasteiger partial charge in [-0.15, -0.1) is 0 Å². The van der Waals surface area contributed by atoms with Gasteiger partial charge in [0, 0.05) is 18.1 Å². The fraction of sp³-hybridized carbons (Fsp3) is 0.333. The van der Waals surface area contributed by atoms with Crippen LogP contribution in [0.4, 0.5) is 0 Å². The molecule has 74 valence electrons. The van der Waals surface area contributed by atoms with Gasteiger partial charge >= 0.3 is 0 Å². The minimum atomic E-state index is 0.553. The third-order valence-electron chi connectivity index (χ3n) is 2.68. The van der Waals surface area contributed by atoms with Gasteiger partial charge in [-0.3, -0.25) is 0 Å². The highest BCUT2D eigenvalue weighted by Crippen LogP contribution is 2.26. The summed E-state index contributed by atoms with van der Waals surface area (Å²) in [7, 11) is 0. The molecule has 1 aromatic heterocycles. The monoisotopic (exact) mass is 188 g/mol. The van der Waals surface area contributed by atoms with Gasteiger partial charge in [-0.2, -0.15) is 0 Å². The SMILES string of the molecule is CC(C)c1c[nH]c2c(CN)cccc12. The lowest BCUT2D eigenvalue weighted by atomic mass is 10.0. The molecular weight excluding hydrogens is 172 g/mol. The average molecular weight is 188 g/mol. The molecule has 1 aromatic carbocycles. The Morgan fingerprint density at radius 3 is 2.79 bits per heavy atom. The summed E-state index contributed by atoms with van der Waals surface area (Å²) in [6.45, 7) is 5.00. The van der Waals surface area contributed by atoms with Crippen LogP contribution in [0.25, 0.3) is 10.9 Å². The van der Waals surface area contributed by atoms with Crippen molar-refractivity contribution in [1.29, 1.82) is 0 Å². The van der Waals surface area contributed by atoms with Crippen molar-refractivity contribution < 1.29 is 0 Å². The van der Waals surface area contributed by atoms with E-state index in [1.54, 1.807) is 0 Å². The predicted molar refractivity (Wildman–Crippen MR) is 60.3 cm³/mol. The number of fused-ring (bicyclic) bond motifs is 1. The summed E-state index contributed by atoms with van der Waals surface area (Å²) >= 11 is 0. The molecule has 0 aliphatic rings. The molecule has 0 saturated carbocycles. The van der Waals surface area contributed by atoms with Gasteiger partial charge in [0.1, 0.15) is 0 Å². The number of rotatable bonds is 2. The minimum Gasteiger partial charge on any atom is -0.361 e. The second-order valence-electron chi connectivity index (χ2n) is 3.94. The van der Waals surface area contributed by atoms with E-state index in [1.165, 1.54) is 22.0 Å². The maximum absolute atomic E-state index is 5.68. The lowest BCUT2D eigenvalue weighted by Crippen LogP contribution is -1.96. The summed E-state index contributed by atoms with van der Waals surface area (Å²) in [6, 6.07) is 6.30. The molecule has 0 aliphatic carbocycles. The molecule has 2 nitrogen and oxygen atoms in total. The molecule has 0 spiro atoms. The number of nitrogens with two attached hydrogens (primary N) is 1. The molecule has 0 fully saturated rings. The van der Waals surface area contributed by atoms with Gasteiger partial charge in [-0.05, 0) is 17.0 Å². The highest BCUT2D eigenvalue weighted by atomic mass is 14.7. The van der Waals surface area contributed by atoms with Crippen LogP contribution in [0.5, 0.6) is 0 Å². The van der Waals surface area contributed by atoms with Crippen LogP contribution < -0.4 is 5.73 Å². The molecule has 1 heterocycles. The van der Waals surface area contributed by atoms with Crippen LogP contribution in [0.3, 0.4) is 0 Å². The maximum atomic E-state index is 5.68. The predicted octanol–water partition coefficient (Wildman–Crippen LogP) is 2.75. The first-order chi connectivity index (χ1) is 6.74. The smallest absolute Gasteiger partial charge is 0.0502 e. The number of benzene rings is 1. The summed E-state index contributed by atoms with van der Waals surface area (Å²) in [5, 5.41) is 1.31. The number of H-pyrrole nitrogens is 1. The van der Waals surface area contributed by atoms with E-state index in [4.69, 9.17) is 5.73 Å². The normalized spacial score (nSPS) is 11.4. The molecule has 2 rings (SSSR count). The van der Waals surface area contributed by atoms with Crippen LogP contribution in [0.15, 0.2) is 24.4 Å². The van der Waals surface area contributed by atoms with E-state index in [0.717, 1.165) is 0 Å². The van der Waals surface area contributed by atoms with Gasteiger partial charge in [-0.25, -0.2) is 0 Å². The summed E-state index contributed by atoms with van der Waals surface area (Å²) in [5.74, 6) is 0.553. The first kappa shape index (κ1) is 9.28. The highest BCUT2D eigenvalue weighted by Gasteiger charge is 2.08. The van der Waals surface area contributed by atoms with E-state index in [-0.39, 0.29) is 0 Å². The Kier molecular flexibility index (Phi) is 2.30. The van der Waals surface area contributed by atoms with E-state index < -0.39 is 0 Å². The largest absolute Gasteiger partial charge is 0.361 e. The van der Waals surface area contributed by atoms with Crippen molar-refractivity contribution in [2.24, 2.45) is 5.73 Å². The standard InChI is InChI=1S/C12H16N2/c1-8(2)11-7-14-12-9(6-13)4-3-5-10(11)12/h3-5,7-8,14H,6,13H2,1-2H3. The van der Waals surface area contributed by atoms with Gasteiger partial charge < -0.3 is 10.7 Å². The molecule has 0 unspecified atom stereocenters. The van der Waals surface area contributed by atoms with Gasteiger partial charge in [0.2, 0.25) is 0 Å². The van der Waals surface area contributed by atoms with Crippen LogP contribution in [0.2, 0.25) is 0 Å². The fourth-order valence-corrected chi connectivity index (χ4v) is 1.89. The topological polar surface area (TPSA) is 41.8 Å². The summed E-state index contributed by atoms with van der Waals surface area (Å²) in [5.41, 5.74) is 9.43. The molecule has 0 saturated heterocycles. The summed E-state index contributed by atoms with van der Waals surface area (Å²) in [4.78, 5) is 3.31. The van der Waals surface area contributed by atoms with Crippen molar-refractivity contribution in [2.75, 3.05) is 0 Å². The van der Waals surface area contributed by atoms with E-state index in [9.17, 15) is 0 Å². The van der Waals surface area contributed by atoms with Gasteiger partial charge in [0.15, 0.2) is 0 Å². The number of hydrogen-bond donors (Lipinski definition) is 2. The molecular formula is C12H16N2. The fourth-order valence-electron chi connectivity index (χ4n) is 1.89. The third kappa shape index (κ3) is 1.32. The van der Waals surface area contributed by atoms with Crippen LogP contribution >= 0.6 is 0 Å². The Morgan fingerprint density at radius 1 is 1.36 bits per heavy atom. The van der Waals surface area contributed by atoms with Crippen LogP contribution in [-0.2, 0) is 6.54 Å². The Labute approximate surface area is 84.1 Å². The van der Waals surface area contributed by atoms with Crippen LogP contribution in [0.1, 0.15) is 30.9 Å². The summed E-state index contributed by atoms with van der Waals surface area (Å²) in [6.07, 6.45) is 2.09. The Hall–Kier alpha value is -1.28. The molecule has 2 aromatic rings. The molecule has 3 N–H and O–H groups in total. The van der Waals surface area contributed by atoms with E-state index in [2.05, 4.69) is 43.2 Å². The van der Waals surface area contributed by atoms with Gasteiger partial charge in [0.05, 0.1) is 5.52 Å². The molecule has 14 heavy (non-hydrogen) atoms. The number of hydrogen-bond acceptors (Lipinski definition) is 1. The number of aromatic nitrogens is 1. The summed E-state index contributed by atoms with van der Waals surface area (Å²) < 4.78 is 0. The zero-order valence-corrected chi connectivity index (χ0v) is 8.67. The van der Waals surface area contributed by atoms with Crippen molar-refractivity contribution in [3.05, 3.63) is 35.5 Å². The van der Waals surface area contributed by atoms with Crippen LogP contribution in [0, 0.1) is 0 Å². The van der Waals surface area contributed by atoms with Crippen molar-refractivity contribution in [1.82, 2.24) is 4.98 Å². The van der Waals surface area contributed by atoms with E-state index in [1.807, 2.05) is 0 Å². The van der Waals surface area contributed by atoms with Crippen molar-refractivity contribution in [3.8, 4) is 0 Å². The second-order valence-corrected chi connectivity index (χ2v) is 3.94. The lowest BCUT2D eigenvalue weighted by Gasteiger charge is -2.03. The van der Waals surface area contributed by atoms with Gasteiger partial charge in [0.25, 0.3) is 0 Å². The molecule has 2 heteroatoms. The molecule has 0 bridgehead atoms. The first-order valence-corrected chi connectivity index (χ1v) is 5.03. The van der Waals surface area contributed by atoms with Crippen molar-refractivity contribution >= 4 is 10.9 Å². The van der Waals surface area contributed by atoms with Gasteiger partial charge in [-0.1, -0.05) is 32.0 Å². The lowest BCUT2D eigenvalue weighted by molar-refractivity contribution is 0.875. The quantitative estimate of drug-likeness (QED) is 0.747. The zero-order valence-electron chi connectivity index (χ0n) is 8.67. The highest BCUT2D eigenvalue weighted by molar-refractivity contribution is 5.86. The van der Waals surface area contributed by atoms with Crippen molar-refractivity contribution in [2.45, 2.75) is 26.3 Å². The Balaban J connectivity index is 2.69. The van der Waals surface area contributed by atoms with E-state index in [0.29, 0.717) is 12.5 Å². The van der Waals surface area contributed by atoms with Crippen molar-refractivity contribution in [3.63, 3.8) is 0 Å².